The molecular weight excluding hydrogens is 531 g/mol. The Hall–Kier alpha value is -3.75. The van der Waals surface area contributed by atoms with Crippen LogP contribution in [0.3, 0.4) is 0 Å². The van der Waals surface area contributed by atoms with Crippen LogP contribution in [0.1, 0.15) is 28.5 Å². The summed E-state index contributed by atoms with van der Waals surface area (Å²) in [6.07, 6.45) is -3.39. The highest BCUT2D eigenvalue weighted by molar-refractivity contribution is 5.95. The minimum Gasteiger partial charge on any atom is -0.485 e. The largest absolute Gasteiger partial charge is 0.485 e. The van der Waals surface area contributed by atoms with Gasteiger partial charge in [-0.2, -0.15) is 8.78 Å². The fraction of sp³-hybridized carbons (Fsp3) is 0.391. The second kappa shape index (κ2) is 12.2. The summed E-state index contributed by atoms with van der Waals surface area (Å²) in [5.41, 5.74) is 2.74. The zero-order valence-corrected chi connectivity index (χ0v) is 19.6. The van der Waals surface area contributed by atoms with Gasteiger partial charge < -0.3 is 20.3 Å². The molecule has 1 aromatic carbocycles. The van der Waals surface area contributed by atoms with Crippen LogP contribution in [-0.4, -0.2) is 66.3 Å². The van der Waals surface area contributed by atoms with E-state index in [-0.39, 0.29) is 42.3 Å². The Bertz CT molecular complexity index is 1160. The summed E-state index contributed by atoms with van der Waals surface area (Å²) in [6, 6.07) is 5.42. The zero-order valence-electron chi connectivity index (χ0n) is 19.6. The summed E-state index contributed by atoms with van der Waals surface area (Å²) < 4.78 is 104. The van der Waals surface area contributed by atoms with E-state index >= 15 is 0 Å². The van der Waals surface area contributed by atoms with Crippen molar-refractivity contribution in [1.82, 2.24) is 4.98 Å². The monoisotopic (exact) mass is 553 g/mol. The van der Waals surface area contributed by atoms with Gasteiger partial charge in [0.15, 0.2) is 17.9 Å². The van der Waals surface area contributed by atoms with E-state index < -0.39 is 54.2 Å². The number of ether oxygens (including phenoxy) is 2. The predicted octanol–water partition coefficient (Wildman–Crippen LogP) is 3.86. The number of ketones is 1. The highest BCUT2D eigenvalue weighted by Crippen LogP contribution is 2.43. The Balaban J connectivity index is 0.00000161. The van der Waals surface area contributed by atoms with Gasteiger partial charge in [-0.15, -0.1) is 0 Å². The normalized spacial score (nSPS) is 19.0. The lowest BCUT2D eigenvalue weighted by Gasteiger charge is -2.33. The van der Waals surface area contributed by atoms with Crippen LogP contribution in [0.5, 0.6) is 5.75 Å². The molecule has 38 heavy (non-hydrogen) atoms. The Morgan fingerprint density at radius 2 is 1.95 bits per heavy atom. The third kappa shape index (κ3) is 7.18. The Morgan fingerprint density at radius 3 is 2.53 bits per heavy atom. The third-order valence-corrected chi connectivity index (χ3v) is 5.31. The number of alkyl halides is 6. The first-order chi connectivity index (χ1) is 17.7. The van der Waals surface area contributed by atoms with Crippen molar-refractivity contribution in [3.05, 3.63) is 59.2 Å². The lowest BCUT2D eigenvalue weighted by atomic mass is 9.84. The van der Waals surface area contributed by atoms with E-state index in [1.54, 1.807) is 0 Å². The number of amidine groups is 1. The van der Waals surface area contributed by atoms with Gasteiger partial charge in [0.1, 0.15) is 36.3 Å². The van der Waals surface area contributed by atoms with Crippen molar-refractivity contribution >= 4 is 18.1 Å². The molecule has 1 aliphatic heterocycles. The van der Waals surface area contributed by atoms with Gasteiger partial charge in [0.2, 0.25) is 0 Å². The molecule has 1 atom stereocenters. The van der Waals surface area contributed by atoms with Gasteiger partial charge in [0.05, 0.1) is 6.20 Å². The van der Waals surface area contributed by atoms with E-state index in [9.17, 15) is 35.5 Å². The molecule has 2 aromatic rings. The standard InChI is InChI=1S/C22H20F7N3O3.CH2O2/c1-20(22(28,29)11-34-9-18(30)32-20)14-6-12(2-4-15(14)23)7-17(33)16-5-3-13(8-31-16)35-10-21(26,27)19(24)25;2-1-3/h2-6,8,19H,7,9-11H2,1H3,(H2,30,32);1H,(H,2,3)/t20-;/m1./s1. The summed E-state index contributed by atoms with van der Waals surface area (Å²) in [7, 11) is 0. The summed E-state index contributed by atoms with van der Waals surface area (Å²) >= 11 is 0. The lowest BCUT2D eigenvalue weighted by Crippen LogP contribution is -2.45. The number of pyridine rings is 1. The first kappa shape index (κ1) is 30.5. The molecule has 2 heterocycles. The molecule has 0 aliphatic carbocycles. The maximum absolute atomic E-state index is 14.8. The number of nitrogens with zero attached hydrogens (tertiary/aromatic N) is 2. The molecule has 3 rings (SSSR count). The average Bonchev–Trinajstić information content (AvgIpc) is 2.94. The summed E-state index contributed by atoms with van der Waals surface area (Å²) in [5.74, 6) is -10.1. The van der Waals surface area contributed by atoms with E-state index in [0.29, 0.717) is 0 Å². The third-order valence-electron chi connectivity index (χ3n) is 5.31. The van der Waals surface area contributed by atoms with Crippen molar-refractivity contribution in [3.63, 3.8) is 0 Å². The SMILES string of the molecule is C[C@]1(c2cc(CC(=O)c3ccc(OCC(F)(F)C(F)F)cn3)ccc2F)N=C(N)COCC1(F)F.O=CO. The van der Waals surface area contributed by atoms with Crippen LogP contribution in [0.4, 0.5) is 30.7 Å². The van der Waals surface area contributed by atoms with Gasteiger partial charge >= 0.3 is 12.3 Å². The van der Waals surface area contributed by atoms with Crippen LogP contribution in [0.15, 0.2) is 41.5 Å². The molecule has 0 spiro atoms. The van der Waals surface area contributed by atoms with Gasteiger partial charge in [-0.1, -0.05) is 6.07 Å². The minimum atomic E-state index is -4.36. The summed E-state index contributed by atoms with van der Waals surface area (Å²) in [4.78, 5) is 28.5. The average molecular weight is 553 g/mol. The van der Waals surface area contributed by atoms with Crippen LogP contribution in [0, 0.1) is 5.82 Å². The molecule has 208 valence electrons. The number of aliphatic imine (C=N–C) groups is 1. The number of carboxylic acid groups (broad SMARTS) is 1. The summed E-state index contributed by atoms with van der Waals surface area (Å²) in [5, 5.41) is 6.89. The molecule has 1 aliphatic rings. The fourth-order valence-corrected chi connectivity index (χ4v) is 3.29. The highest BCUT2D eigenvalue weighted by Gasteiger charge is 2.54. The molecular formula is C23H22F7N3O5. The zero-order chi connectivity index (χ0) is 28.7. The van der Waals surface area contributed by atoms with E-state index in [1.807, 2.05) is 0 Å². The van der Waals surface area contributed by atoms with Gasteiger partial charge in [0, 0.05) is 12.0 Å². The molecule has 0 bridgehead atoms. The first-order valence-electron chi connectivity index (χ1n) is 10.6. The number of hydrogen-bond donors (Lipinski definition) is 2. The fourth-order valence-electron chi connectivity index (χ4n) is 3.29. The second-order valence-electron chi connectivity index (χ2n) is 8.12. The molecule has 15 heteroatoms. The molecule has 0 amide bonds. The quantitative estimate of drug-likeness (QED) is 0.289. The Morgan fingerprint density at radius 1 is 1.29 bits per heavy atom. The van der Waals surface area contributed by atoms with Crippen molar-refractivity contribution in [2.75, 3.05) is 19.8 Å². The number of rotatable bonds is 8. The molecule has 0 saturated heterocycles. The van der Waals surface area contributed by atoms with E-state index in [4.69, 9.17) is 20.4 Å². The molecule has 1 aromatic heterocycles. The molecule has 0 radical (unpaired) electrons. The van der Waals surface area contributed by atoms with Crippen LogP contribution < -0.4 is 10.5 Å². The van der Waals surface area contributed by atoms with Crippen molar-refractivity contribution < 1.29 is 54.9 Å². The van der Waals surface area contributed by atoms with Gasteiger partial charge in [-0.3, -0.25) is 14.6 Å². The van der Waals surface area contributed by atoms with Crippen molar-refractivity contribution in [3.8, 4) is 5.75 Å². The van der Waals surface area contributed by atoms with E-state index in [1.165, 1.54) is 6.07 Å². The molecule has 8 nitrogen and oxygen atoms in total. The highest BCUT2D eigenvalue weighted by atomic mass is 19.3. The number of carbonyl (C=O) groups is 2. The number of Topliss-reactive ketones (excluding diaryl/α,β-unsaturated/α-hetero) is 1. The Labute approximate surface area is 211 Å². The number of carbonyl (C=O) groups excluding carboxylic acids is 1. The predicted molar refractivity (Wildman–Crippen MR) is 119 cm³/mol. The molecule has 0 unspecified atom stereocenters. The number of aromatic nitrogens is 1. The van der Waals surface area contributed by atoms with Crippen molar-refractivity contribution in [1.29, 1.82) is 0 Å². The van der Waals surface area contributed by atoms with Crippen molar-refractivity contribution in [2.45, 2.75) is 37.2 Å². The number of nitrogens with two attached hydrogens (primary N) is 1. The van der Waals surface area contributed by atoms with Gasteiger partial charge in [-0.25, -0.2) is 26.9 Å². The number of halogens is 7. The number of hydrogen-bond acceptors (Lipinski definition) is 7. The van der Waals surface area contributed by atoms with Crippen LogP contribution in [0.2, 0.25) is 0 Å². The van der Waals surface area contributed by atoms with Gasteiger partial charge in [-0.05, 0) is 36.8 Å². The van der Waals surface area contributed by atoms with Crippen molar-refractivity contribution in [2.24, 2.45) is 10.7 Å². The first-order valence-corrected chi connectivity index (χ1v) is 10.6. The maximum Gasteiger partial charge on any atom is 0.340 e. The lowest BCUT2D eigenvalue weighted by molar-refractivity contribution is -0.148. The second-order valence-corrected chi connectivity index (χ2v) is 8.12. The molecule has 0 saturated carbocycles. The maximum atomic E-state index is 14.8. The van der Waals surface area contributed by atoms with Gasteiger partial charge in [0.25, 0.3) is 12.4 Å². The topological polar surface area (TPSA) is 124 Å². The van der Waals surface area contributed by atoms with E-state index in [2.05, 4.69) is 14.7 Å². The molecule has 3 N–H and O–H groups in total. The smallest absolute Gasteiger partial charge is 0.340 e. The van der Waals surface area contributed by atoms with Crippen LogP contribution >= 0.6 is 0 Å². The number of benzene rings is 1. The van der Waals surface area contributed by atoms with Crippen LogP contribution in [-0.2, 0) is 21.5 Å². The summed E-state index contributed by atoms with van der Waals surface area (Å²) in [6.45, 7) is -2.22. The van der Waals surface area contributed by atoms with E-state index in [0.717, 1.165) is 37.4 Å². The minimum absolute atomic E-state index is 0.148. The van der Waals surface area contributed by atoms with Crippen LogP contribution in [0.25, 0.3) is 0 Å². The molecule has 0 fully saturated rings. The Kier molecular flexibility index (Phi) is 9.78.